The Morgan fingerprint density at radius 3 is 2.52 bits per heavy atom. The summed E-state index contributed by atoms with van der Waals surface area (Å²) in [6, 6.07) is 17.6. The third-order valence-electron chi connectivity index (χ3n) is 5.06. The molecule has 1 saturated heterocycles. The predicted octanol–water partition coefficient (Wildman–Crippen LogP) is 2.77. The third kappa shape index (κ3) is 4.91. The van der Waals surface area contributed by atoms with Crippen LogP contribution in [0.5, 0.6) is 0 Å². The number of rotatable bonds is 6. The number of benzene rings is 2. The molecule has 0 radical (unpaired) electrons. The maximum Gasteiger partial charge on any atom is 0.248 e. The fourth-order valence-electron chi connectivity index (χ4n) is 3.57. The van der Waals surface area contributed by atoms with Crippen LogP contribution in [0, 0.1) is 5.92 Å². The summed E-state index contributed by atoms with van der Waals surface area (Å²) in [5, 5.41) is 10.5. The summed E-state index contributed by atoms with van der Waals surface area (Å²) in [6.45, 7) is 2.61. The molecule has 3 N–H and O–H groups in total. The van der Waals surface area contributed by atoms with E-state index in [1.54, 1.807) is 18.2 Å². The van der Waals surface area contributed by atoms with Gasteiger partial charge in [0.2, 0.25) is 5.91 Å². The van der Waals surface area contributed by atoms with Crippen LogP contribution in [-0.4, -0.2) is 35.5 Å². The summed E-state index contributed by atoms with van der Waals surface area (Å²) in [5.74, 6) is 0.254. The first-order valence-electron chi connectivity index (χ1n) is 8.96. The summed E-state index contributed by atoms with van der Waals surface area (Å²) in [4.78, 5) is 13.6. The fourth-order valence-corrected chi connectivity index (χ4v) is 3.57. The molecule has 0 aliphatic carbocycles. The number of β-amino-alcohol motifs (C(OH)–C–C–N with tert-alkyl or cyclic N) is 1. The largest absolute Gasteiger partial charge is 0.387 e. The van der Waals surface area contributed by atoms with Gasteiger partial charge in [-0.3, -0.25) is 4.79 Å². The summed E-state index contributed by atoms with van der Waals surface area (Å²) in [7, 11) is 0. The number of nitrogens with two attached hydrogens (primary N) is 1. The lowest BCUT2D eigenvalue weighted by Gasteiger charge is -2.33. The van der Waals surface area contributed by atoms with E-state index < -0.39 is 12.0 Å². The molecule has 132 valence electrons. The summed E-state index contributed by atoms with van der Waals surface area (Å²) in [5.41, 5.74) is 7.92. The van der Waals surface area contributed by atoms with Crippen LogP contribution >= 0.6 is 0 Å². The minimum Gasteiger partial charge on any atom is -0.387 e. The average Bonchev–Trinajstić information content (AvgIpc) is 2.64. The molecule has 0 saturated carbocycles. The van der Waals surface area contributed by atoms with E-state index in [9.17, 15) is 9.90 Å². The van der Waals surface area contributed by atoms with Gasteiger partial charge in [-0.05, 0) is 61.5 Å². The highest BCUT2D eigenvalue weighted by Gasteiger charge is 2.22. The van der Waals surface area contributed by atoms with Crippen molar-refractivity contribution in [1.82, 2.24) is 4.90 Å². The SMILES string of the molecule is NC(=O)c1cccc(C(O)CN2CCC(Cc3ccccc3)CC2)c1. The quantitative estimate of drug-likeness (QED) is 0.851. The van der Waals surface area contributed by atoms with Crippen LogP contribution < -0.4 is 5.73 Å². The Labute approximate surface area is 149 Å². The second-order valence-electron chi connectivity index (χ2n) is 6.94. The molecule has 1 aliphatic rings. The highest BCUT2D eigenvalue weighted by atomic mass is 16.3. The second-order valence-corrected chi connectivity index (χ2v) is 6.94. The van der Waals surface area contributed by atoms with Crippen molar-refractivity contribution in [2.24, 2.45) is 11.7 Å². The number of primary amides is 1. The van der Waals surface area contributed by atoms with Gasteiger partial charge in [-0.25, -0.2) is 0 Å². The Balaban J connectivity index is 1.50. The average molecular weight is 338 g/mol. The molecule has 4 heteroatoms. The number of nitrogens with zero attached hydrogens (tertiary/aromatic N) is 1. The first-order valence-corrected chi connectivity index (χ1v) is 8.96. The van der Waals surface area contributed by atoms with Gasteiger partial charge in [0, 0.05) is 12.1 Å². The van der Waals surface area contributed by atoms with Crippen molar-refractivity contribution in [3.05, 3.63) is 71.3 Å². The number of hydrogen-bond acceptors (Lipinski definition) is 3. The zero-order valence-corrected chi connectivity index (χ0v) is 14.5. The topological polar surface area (TPSA) is 66.6 Å². The van der Waals surface area contributed by atoms with Crippen molar-refractivity contribution in [1.29, 1.82) is 0 Å². The molecule has 0 spiro atoms. The van der Waals surface area contributed by atoms with Gasteiger partial charge in [0.05, 0.1) is 6.10 Å². The first-order chi connectivity index (χ1) is 12.1. The van der Waals surface area contributed by atoms with E-state index in [0.717, 1.165) is 37.9 Å². The van der Waals surface area contributed by atoms with Gasteiger partial charge < -0.3 is 15.7 Å². The maximum absolute atomic E-state index is 11.3. The van der Waals surface area contributed by atoms with Crippen LogP contribution in [0.25, 0.3) is 0 Å². The lowest BCUT2D eigenvalue weighted by Crippen LogP contribution is -2.37. The van der Waals surface area contributed by atoms with Gasteiger partial charge in [-0.15, -0.1) is 0 Å². The minimum absolute atomic E-state index is 0.443. The number of carbonyl (C=O) groups excluding carboxylic acids is 1. The first kappa shape index (κ1) is 17.6. The van der Waals surface area contributed by atoms with Gasteiger partial charge >= 0.3 is 0 Å². The van der Waals surface area contributed by atoms with Crippen molar-refractivity contribution < 1.29 is 9.90 Å². The summed E-state index contributed by atoms with van der Waals surface area (Å²) in [6.07, 6.45) is 2.86. The zero-order valence-electron chi connectivity index (χ0n) is 14.5. The summed E-state index contributed by atoms with van der Waals surface area (Å²) >= 11 is 0. The molecule has 1 aliphatic heterocycles. The van der Waals surface area contributed by atoms with E-state index in [4.69, 9.17) is 5.73 Å². The van der Waals surface area contributed by atoms with Crippen LogP contribution in [0.2, 0.25) is 0 Å². The highest BCUT2D eigenvalue weighted by molar-refractivity contribution is 5.92. The lowest BCUT2D eigenvalue weighted by molar-refractivity contribution is 0.0891. The molecule has 3 rings (SSSR count). The lowest BCUT2D eigenvalue weighted by atomic mass is 9.90. The third-order valence-corrected chi connectivity index (χ3v) is 5.06. The Kier molecular flexibility index (Phi) is 5.84. The summed E-state index contributed by atoms with van der Waals surface area (Å²) < 4.78 is 0. The molecule has 1 fully saturated rings. The monoisotopic (exact) mass is 338 g/mol. The zero-order chi connectivity index (χ0) is 17.6. The van der Waals surface area contributed by atoms with Crippen LogP contribution in [0.4, 0.5) is 0 Å². The number of aliphatic hydroxyl groups is 1. The molecule has 1 unspecified atom stereocenters. The number of amides is 1. The van der Waals surface area contributed by atoms with E-state index in [1.807, 2.05) is 6.07 Å². The van der Waals surface area contributed by atoms with Crippen LogP contribution in [0.3, 0.4) is 0 Å². The van der Waals surface area contributed by atoms with Gasteiger partial charge in [-0.2, -0.15) is 0 Å². The molecular formula is C21H26N2O2. The molecule has 2 aromatic rings. The van der Waals surface area contributed by atoms with Gasteiger partial charge in [0.1, 0.15) is 0 Å². The van der Waals surface area contributed by atoms with E-state index in [-0.39, 0.29) is 0 Å². The normalized spacial score (nSPS) is 17.3. The predicted molar refractivity (Wildman–Crippen MR) is 99.2 cm³/mol. The number of likely N-dealkylation sites (tertiary alicyclic amines) is 1. The molecule has 1 heterocycles. The molecule has 1 atom stereocenters. The van der Waals surface area contributed by atoms with Crippen LogP contribution in [-0.2, 0) is 6.42 Å². The molecule has 0 aromatic heterocycles. The fraction of sp³-hybridized carbons (Fsp3) is 0.381. The number of aliphatic hydroxyl groups excluding tert-OH is 1. The smallest absolute Gasteiger partial charge is 0.248 e. The molecule has 25 heavy (non-hydrogen) atoms. The Morgan fingerprint density at radius 1 is 1.12 bits per heavy atom. The minimum atomic E-state index is -0.593. The molecule has 2 aromatic carbocycles. The van der Waals surface area contributed by atoms with Gasteiger partial charge in [0.25, 0.3) is 0 Å². The Hall–Kier alpha value is -2.17. The Bertz CT molecular complexity index is 694. The van der Waals surface area contributed by atoms with Gasteiger partial charge in [-0.1, -0.05) is 42.5 Å². The number of carbonyl (C=O) groups is 1. The molecule has 4 nitrogen and oxygen atoms in total. The number of piperidine rings is 1. The second kappa shape index (κ2) is 8.28. The standard InChI is InChI=1S/C21H26N2O2/c22-21(25)19-8-4-7-18(14-19)20(24)15-23-11-9-17(10-12-23)13-16-5-2-1-3-6-16/h1-8,14,17,20,24H,9-13,15H2,(H2,22,25). The molecule has 0 bridgehead atoms. The molecular weight excluding hydrogens is 312 g/mol. The van der Waals surface area contributed by atoms with Crippen molar-refractivity contribution in [2.75, 3.05) is 19.6 Å². The van der Waals surface area contributed by atoms with E-state index in [2.05, 4.69) is 35.2 Å². The van der Waals surface area contributed by atoms with Crippen molar-refractivity contribution in [2.45, 2.75) is 25.4 Å². The van der Waals surface area contributed by atoms with Crippen molar-refractivity contribution in [3.63, 3.8) is 0 Å². The van der Waals surface area contributed by atoms with E-state index >= 15 is 0 Å². The van der Waals surface area contributed by atoms with Crippen molar-refractivity contribution >= 4 is 5.91 Å². The van der Waals surface area contributed by atoms with Gasteiger partial charge in [0.15, 0.2) is 0 Å². The molecule has 1 amide bonds. The highest BCUT2D eigenvalue weighted by Crippen LogP contribution is 2.24. The van der Waals surface area contributed by atoms with Crippen LogP contribution in [0.1, 0.15) is 40.4 Å². The van der Waals surface area contributed by atoms with Crippen LogP contribution in [0.15, 0.2) is 54.6 Å². The van der Waals surface area contributed by atoms with Crippen molar-refractivity contribution in [3.8, 4) is 0 Å². The number of hydrogen-bond donors (Lipinski definition) is 2. The Morgan fingerprint density at radius 2 is 1.84 bits per heavy atom. The van der Waals surface area contributed by atoms with E-state index in [1.165, 1.54) is 5.56 Å². The maximum atomic E-state index is 11.3. The van der Waals surface area contributed by atoms with E-state index in [0.29, 0.717) is 18.0 Å².